The van der Waals surface area contributed by atoms with Gasteiger partial charge in [-0.3, -0.25) is 0 Å². The molecule has 6 heteroatoms. The second-order valence-electron chi connectivity index (χ2n) is 4.11. The number of aryl methyl sites for hydroxylation is 1. The number of carbonyl (C=O) groups is 1. The van der Waals surface area contributed by atoms with Crippen molar-refractivity contribution in [2.45, 2.75) is 38.2 Å². The molecule has 0 amide bonds. The van der Waals surface area contributed by atoms with Crippen LogP contribution >= 0.6 is 0 Å². The molecule has 0 aromatic carbocycles. The molecule has 1 aliphatic carbocycles. The van der Waals surface area contributed by atoms with Gasteiger partial charge in [0.05, 0.1) is 0 Å². The third kappa shape index (κ3) is 2.15. The lowest BCUT2D eigenvalue weighted by Crippen LogP contribution is -2.21. The van der Waals surface area contributed by atoms with E-state index in [9.17, 15) is 4.79 Å². The molecule has 88 valence electrons. The Morgan fingerprint density at radius 3 is 2.69 bits per heavy atom. The SMILES string of the molecule is Cn1nnc(C(=O)OC2CCCCC2)c1N. The van der Waals surface area contributed by atoms with Gasteiger partial charge in [0.15, 0.2) is 5.82 Å². The summed E-state index contributed by atoms with van der Waals surface area (Å²) < 4.78 is 6.70. The lowest BCUT2D eigenvalue weighted by molar-refractivity contribution is 0.0205. The molecular weight excluding hydrogens is 208 g/mol. The van der Waals surface area contributed by atoms with Crippen molar-refractivity contribution in [3.8, 4) is 0 Å². The molecular formula is C10H16N4O2. The molecule has 0 aliphatic heterocycles. The lowest BCUT2D eigenvalue weighted by atomic mass is 9.98. The first kappa shape index (κ1) is 10.9. The number of nitrogens with zero attached hydrogens (tertiary/aromatic N) is 3. The van der Waals surface area contributed by atoms with Crippen LogP contribution in [0.2, 0.25) is 0 Å². The van der Waals surface area contributed by atoms with Gasteiger partial charge in [0.1, 0.15) is 6.10 Å². The van der Waals surface area contributed by atoms with E-state index < -0.39 is 5.97 Å². The number of aromatic nitrogens is 3. The van der Waals surface area contributed by atoms with Crippen LogP contribution in [0.5, 0.6) is 0 Å². The molecule has 1 aliphatic rings. The first-order valence-corrected chi connectivity index (χ1v) is 5.54. The van der Waals surface area contributed by atoms with E-state index in [1.165, 1.54) is 11.1 Å². The largest absolute Gasteiger partial charge is 0.458 e. The smallest absolute Gasteiger partial charge is 0.363 e. The van der Waals surface area contributed by atoms with Gasteiger partial charge in [0.2, 0.25) is 5.69 Å². The fraction of sp³-hybridized carbons (Fsp3) is 0.700. The van der Waals surface area contributed by atoms with Gasteiger partial charge in [-0.05, 0) is 25.7 Å². The molecule has 0 bridgehead atoms. The summed E-state index contributed by atoms with van der Waals surface area (Å²) in [5.74, 6) is -0.210. The normalized spacial score (nSPS) is 17.3. The van der Waals surface area contributed by atoms with Gasteiger partial charge in [-0.25, -0.2) is 9.48 Å². The van der Waals surface area contributed by atoms with Crippen molar-refractivity contribution in [2.75, 3.05) is 5.73 Å². The maximum absolute atomic E-state index is 11.7. The summed E-state index contributed by atoms with van der Waals surface area (Å²) in [4.78, 5) is 11.7. The topological polar surface area (TPSA) is 83.0 Å². The molecule has 0 spiro atoms. The van der Waals surface area contributed by atoms with Crippen LogP contribution in [0.25, 0.3) is 0 Å². The van der Waals surface area contributed by atoms with Gasteiger partial charge >= 0.3 is 5.97 Å². The Labute approximate surface area is 93.8 Å². The molecule has 2 rings (SSSR count). The van der Waals surface area contributed by atoms with Crippen molar-refractivity contribution in [1.82, 2.24) is 15.0 Å². The maximum Gasteiger partial charge on any atom is 0.363 e. The zero-order valence-corrected chi connectivity index (χ0v) is 9.35. The maximum atomic E-state index is 11.7. The fourth-order valence-corrected chi connectivity index (χ4v) is 1.90. The molecule has 0 unspecified atom stereocenters. The minimum absolute atomic E-state index is 0.0163. The van der Waals surface area contributed by atoms with Gasteiger partial charge in [0, 0.05) is 7.05 Å². The highest BCUT2D eigenvalue weighted by Gasteiger charge is 2.23. The Hall–Kier alpha value is -1.59. The highest BCUT2D eigenvalue weighted by atomic mass is 16.5. The summed E-state index contributed by atoms with van der Waals surface area (Å²) in [6.07, 6.45) is 5.35. The minimum atomic E-state index is -0.461. The summed E-state index contributed by atoms with van der Waals surface area (Å²) in [7, 11) is 1.64. The van der Waals surface area contributed by atoms with Crippen molar-refractivity contribution in [1.29, 1.82) is 0 Å². The second kappa shape index (κ2) is 4.51. The van der Waals surface area contributed by atoms with E-state index >= 15 is 0 Å². The molecule has 0 radical (unpaired) electrons. The average molecular weight is 224 g/mol. The number of carbonyl (C=O) groups excluding carboxylic acids is 1. The molecule has 6 nitrogen and oxygen atoms in total. The zero-order valence-electron chi connectivity index (χ0n) is 9.35. The van der Waals surface area contributed by atoms with E-state index in [0.29, 0.717) is 0 Å². The van der Waals surface area contributed by atoms with Crippen LogP contribution in [0.15, 0.2) is 0 Å². The van der Waals surface area contributed by atoms with Gasteiger partial charge < -0.3 is 10.5 Å². The number of hydrogen-bond donors (Lipinski definition) is 1. The van der Waals surface area contributed by atoms with Crippen LogP contribution in [0.4, 0.5) is 5.82 Å². The minimum Gasteiger partial charge on any atom is -0.458 e. The molecule has 1 aromatic rings. The van der Waals surface area contributed by atoms with Crippen LogP contribution in [0.1, 0.15) is 42.6 Å². The molecule has 1 aromatic heterocycles. The molecule has 0 atom stereocenters. The number of nitrogen functional groups attached to an aromatic ring is 1. The van der Waals surface area contributed by atoms with E-state index in [-0.39, 0.29) is 17.6 Å². The van der Waals surface area contributed by atoms with E-state index in [4.69, 9.17) is 10.5 Å². The van der Waals surface area contributed by atoms with Gasteiger partial charge in [0.25, 0.3) is 0 Å². The zero-order chi connectivity index (χ0) is 11.5. The number of hydrogen-bond acceptors (Lipinski definition) is 5. The Kier molecular flexibility index (Phi) is 3.07. The lowest BCUT2D eigenvalue weighted by Gasteiger charge is -2.21. The van der Waals surface area contributed by atoms with Crippen LogP contribution in [0, 0.1) is 0 Å². The molecule has 1 fully saturated rings. The first-order valence-electron chi connectivity index (χ1n) is 5.54. The van der Waals surface area contributed by atoms with Crippen LogP contribution in [-0.2, 0) is 11.8 Å². The number of rotatable bonds is 2. The van der Waals surface area contributed by atoms with Crippen LogP contribution < -0.4 is 5.73 Å². The summed E-state index contributed by atoms with van der Waals surface area (Å²) >= 11 is 0. The number of anilines is 1. The third-order valence-corrected chi connectivity index (χ3v) is 2.89. The highest BCUT2D eigenvalue weighted by Crippen LogP contribution is 2.21. The first-order chi connectivity index (χ1) is 7.68. The quantitative estimate of drug-likeness (QED) is 0.754. The molecule has 2 N–H and O–H groups in total. The summed E-state index contributed by atoms with van der Waals surface area (Å²) in [5.41, 5.74) is 5.76. The van der Waals surface area contributed by atoms with Gasteiger partial charge in [-0.2, -0.15) is 0 Å². The Balaban J connectivity index is 1.99. The average Bonchev–Trinajstić information content (AvgIpc) is 2.61. The van der Waals surface area contributed by atoms with E-state index in [0.717, 1.165) is 25.7 Å². The predicted molar refractivity (Wildman–Crippen MR) is 57.7 cm³/mol. The monoisotopic (exact) mass is 224 g/mol. The number of nitrogens with two attached hydrogens (primary N) is 1. The third-order valence-electron chi connectivity index (χ3n) is 2.89. The van der Waals surface area contributed by atoms with E-state index in [1.807, 2.05) is 0 Å². The Morgan fingerprint density at radius 1 is 1.44 bits per heavy atom. The summed E-state index contributed by atoms with van der Waals surface area (Å²) in [5, 5.41) is 7.37. The van der Waals surface area contributed by atoms with E-state index in [1.54, 1.807) is 7.05 Å². The molecule has 0 saturated heterocycles. The van der Waals surface area contributed by atoms with Crippen LogP contribution in [-0.4, -0.2) is 27.1 Å². The highest BCUT2D eigenvalue weighted by molar-refractivity contribution is 5.91. The Bertz CT molecular complexity index is 382. The van der Waals surface area contributed by atoms with Crippen molar-refractivity contribution in [3.05, 3.63) is 5.69 Å². The van der Waals surface area contributed by atoms with Crippen molar-refractivity contribution < 1.29 is 9.53 Å². The van der Waals surface area contributed by atoms with Crippen molar-refractivity contribution in [3.63, 3.8) is 0 Å². The fourth-order valence-electron chi connectivity index (χ4n) is 1.90. The molecule has 1 saturated carbocycles. The standard InChI is InChI=1S/C10H16N4O2/c1-14-9(11)8(12-13-14)10(15)16-7-5-3-2-4-6-7/h7H,2-6,11H2,1H3. The van der Waals surface area contributed by atoms with Crippen molar-refractivity contribution in [2.24, 2.45) is 7.05 Å². The summed E-state index contributed by atoms with van der Waals surface area (Å²) in [6.45, 7) is 0. The van der Waals surface area contributed by atoms with Gasteiger partial charge in [-0.1, -0.05) is 11.6 Å². The number of ether oxygens (including phenoxy) is 1. The number of esters is 1. The van der Waals surface area contributed by atoms with Crippen molar-refractivity contribution >= 4 is 11.8 Å². The summed E-state index contributed by atoms with van der Waals surface area (Å²) in [6, 6.07) is 0. The predicted octanol–water partition coefficient (Wildman–Crippen LogP) is 0.887. The van der Waals surface area contributed by atoms with E-state index in [2.05, 4.69) is 10.3 Å². The Morgan fingerprint density at radius 2 is 2.12 bits per heavy atom. The van der Waals surface area contributed by atoms with Crippen LogP contribution in [0.3, 0.4) is 0 Å². The second-order valence-corrected chi connectivity index (χ2v) is 4.11. The molecule has 1 heterocycles. The molecule has 16 heavy (non-hydrogen) atoms. The van der Waals surface area contributed by atoms with Gasteiger partial charge in [-0.15, -0.1) is 5.10 Å².